The van der Waals surface area contributed by atoms with E-state index in [0.29, 0.717) is 0 Å². The number of nitro benzene ring substituents is 2. The minimum atomic E-state index is -0.729. The van der Waals surface area contributed by atoms with Gasteiger partial charge in [-0.1, -0.05) is 11.8 Å². The maximum Gasteiger partial charge on any atom is 0.290 e. The Kier molecular flexibility index (Phi) is 4.45. The molecule has 1 aromatic heterocycles. The first-order valence-electron chi connectivity index (χ1n) is 5.91. The third-order valence-electron chi connectivity index (χ3n) is 2.64. The Morgan fingerprint density at radius 1 is 1.17 bits per heavy atom. The Hall–Kier alpha value is -3.15. The van der Waals surface area contributed by atoms with Crippen molar-refractivity contribution in [3.8, 4) is 5.88 Å². The van der Waals surface area contributed by atoms with Crippen molar-refractivity contribution in [2.24, 2.45) is 0 Å². The molecule has 12 heteroatoms. The standard InChI is InChI=1S/C11H10N6O5S/c1-22-9-8(12)10(15-11(13)14-9)23-7-3-2-5(16(18)19)4-6(7)17(20)21/h2-4H,12H2,1H3,(H2,13,14,15). The van der Waals surface area contributed by atoms with Gasteiger partial charge in [-0.2, -0.15) is 4.98 Å². The van der Waals surface area contributed by atoms with Gasteiger partial charge in [0, 0.05) is 6.07 Å². The zero-order valence-electron chi connectivity index (χ0n) is 11.6. The summed E-state index contributed by atoms with van der Waals surface area (Å²) in [5.41, 5.74) is 10.6. The lowest BCUT2D eigenvalue weighted by atomic mass is 10.3. The van der Waals surface area contributed by atoms with Crippen molar-refractivity contribution in [2.75, 3.05) is 18.6 Å². The summed E-state index contributed by atoms with van der Waals surface area (Å²) in [5.74, 6) is -0.0901. The van der Waals surface area contributed by atoms with E-state index >= 15 is 0 Å². The average molecular weight is 338 g/mol. The van der Waals surface area contributed by atoms with E-state index in [-0.39, 0.29) is 27.4 Å². The number of benzene rings is 1. The molecule has 0 saturated heterocycles. The van der Waals surface area contributed by atoms with Gasteiger partial charge in [0.05, 0.1) is 27.9 Å². The molecule has 1 heterocycles. The zero-order valence-corrected chi connectivity index (χ0v) is 12.4. The molecule has 0 bridgehead atoms. The van der Waals surface area contributed by atoms with Crippen LogP contribution in [0.5, 0.6) is 5.88 Å². The van der Waals surface area contributed by atoms with Crippen LogP contribution in [0, 0.1) is 20.2 Å². The number of hydrogen-bond donors (Lipinski definition) is 2. The van der Waals surface area contributed by atoms with Crippen LogP contribution in [0.15, 0.2) is 28.1 Å². The summed E-state index contributed by atoms with van der Waals surface area (Å²) < 4.78 is 4.94. The van der Waals surface area contributed by atoms with Crippen molar-refractivity contribution in [3.05, 3.63) is 38.4 Å². The first kappa shape index (κ1) is 16.2. The fourth-order valence-electron chi connectivity index (χ4n) is 1.63. The second kappa shape index (κ2) is 6.31. The number of hydrogen-bond acceptors (Lipinski definition) is 10. The minimum Gasteiger partial charge on any atom is -0.479 e. The van der Waals surface area contributed by atoms with E-state index in [2.05, 4.69) is 9.97 Å². The Bertz CT molecular complexity index is 799. The number of non-ortho nitro benzene ring substituents is 1. The highest BCUT2D eigenvalue weighted by atomic mass is 32.2. The highest BCUT2D eigenvalue weighted by Crippen LogP contribution is 2.40. The number of nitrogens with zero attached hydrogens (tertiary/aromatic N) is 4. The molecule has 0 saturated carbocycles. The Morgan fingerprint density at radius 3 is 2.43 bits per heavy atom. The molecule has 0 spiro atoms. The Balaban J connectivity index is 2.50. The van der Waals surface area contributed by atoms with E-state index in [0.717, 1.165) is 23.9 Å². The van der Waals surface area contributed by atoms with Crippen LogP contribution in [0.2, 0.25) is 0 Å². The number of rotatable bonds is 5. The van der Waals surface area contributed by atoms with Crippen LogP contribution in [0.4, 0.5) is 23.0 Å². The number of methoxy groups -OCH3 is 1. The Labute approximate surface area is 133 Å². The van der Waals surface area contributed by atoms with E-state index in [1.807, 2.05) is 0 Å². The molecule has 11 nitrogen and oxygen atoms in total. The molecular weight excluding hydrogens is 328 g/mol. The number of aromatic nitrogens is 2. The van der Waals surface area contributed by atoms with Gasteiger partial charge >= 0.3 is 0 Å². The average Bonchev–Trinajstić information content (AvgIpc) is 2.50. The molecule has 2 rings (SSSR count). The summed E-state index contributed by atoms with van der Waals surface area (Å²) in [7, 11) is 1.33. The van der Waals surface area contributed by atoms with E-state index < -0.39 is 21.2 Å². The van der Waals surface area contributed by atoms with Gasteiger partial charge in [-0.05, 0) is 6.07 Å². The smallest absolute Gasteiger partial charge is 0.290 e. The normalized spacial score (nSPS) is 10.3. The lowest BCUT2D eigenvalue weighted by Crippen LogP contribution is -2.04. The number of ether oxygens (including phenoxy) is 1. The molecule has 0 aliphatic rings. The summed E-state index contributed by atoms with van der Waals surface area (Å²) in [6.45, 7) is 0. The molecule has 1 aromatic carbocycles. The third kappa shape index (κ3) is 3.37. The highest BCUT2D eigenvalue weighted by Gasteiger charge is 2.22. The second-order valence-electron chi connectivity index (χ2n) is 4.08. The molecule has 23 heavy (non-hydrogen) atoms. The predicted octanol–water partition coefficient (Wildman–Crippen LogP) is 1.62. The Morgan fingerprint density at radius 2 is 1.87 bits per heavy atom. The van der Waals surface area contributed by atoms with E-state index in [4.69, 9.17) is 16.2 Å². The number of nitrogens with two attached hydrogens (primary N) is 2. The first-order chi connectivity index (χ1) is 10.8. The van der Waals surface area contributed by atoms with Crippen LogP contribution < -0.4 is 16.2 Å². The minimum absolute atomic E-state index is 0.0320. The van der Waals surface area contributed by atoms with E-state index in [1.54, 1.807) is 0 Å². The summed E-state index contributed by atoms with van der Waals surface area (Å²) >= 11 is 0.833. The van der Waals surface area contributed by atoms with Crippen molar-refractivity contribution in [1.82, 2.24) is 9.97 Å². The summed E-state index contributed by atoms with van der Waals surface area (Å²) in [5, 5.41) is 22.0. The largest absolute Gasteiger partial charge is 0.479 e. The van der Waals surface area contributed by atoms with Gasteiger partial charge < -0.3 is 16.2 Å². The number of nitro groups is 2. The monoisotopic (exact) mass is 338 g/mol. The zero-order chi connectivity index (χ0) is 17.1. The molecule has 4 N–H and O–H groups in total. The molecule has 0 radical (unpaired) electrons. The lowest BCUT2D eigenvalue weighted by Gasteiger charge is -2.09. The fraction of sp³-hybridized carbons (Fsp3) is 0.0909. The SMILES string of the molecule is COc1nc(N)nc(Sc2ccc([N+](=O)[O-])cc2[N+](=O)[O-])c1N. The van der Waals surface area contributed by atoms with Gasteiger partial charge in [-0.25, -0.2) is 4.98 Å². The van der Waals surface area contributed by atoms with Crippen LogP contribution in [0.25, 0.3) is 0 Å². The molecule has 120 valence electrons. The molecule has 0 aliphatic heterocycles. The first-order valence-corrected chi connectivity index (χ1v) is 6.72. The summed E-state index contributed by atoms with van der Waals surface area (Å²) in [6, 6.07) is 3.25. The summed E-state index contributed by atoms with van der Waals surface area (Å²) in [4.78, 5) is 28.2. The van der Waals surface area contributed by atoms with Crippen LogP contribution in [0.3, 0.4) is 0 Å². The topological polar surface area (TPSA) is 173 Å². The van der Waals surface area contributed by atoms with Crippen LogP contribution in [0.1, 0.15) is 0 Å². The van der Waals surface area contributed by atoms with Crippen LogP contribution in [-0.4, -0.2) is 26.9 Å². The summed E-state index contributed by atoms with van der Waals surface area (Å²) in [6.07, 6.45) is 0. The molecule has 0 fully saturated rings. The number of nitrogen functional groups attached to an aromatic ring is 2. The molecule has 0 unspecified atom stereocenters. The van der Waals surface area contributed by atoms with Gasteiger partial charge in [0.25, 0.3) is 11.4 Å². The van der Waals surface area contributed by atoms with Crippen LogP contribution in [-0.2, 0) is 0 Å². The van der Waals surface area contributed by atoms with Crippen LogP contribution >= 0.6 is 11.8 Å². The predicted molar refractivity (Wildman–Crippen MR) is 81.3 cm³/mol. The lowest BCUT2D eigenvalue weighted by molar-refractivity contribution is -0.396. The van der Waals surface area contributed by atoms with Crippen molar-refractivity contribution >= 4 is 34.8 Å². The third-order valence-corrected chi connectivity index (χ3v) is 3.71. The molecular formula is C11H10N6O5S. The van der Waals surface area contributed by atoms with Gasteiger partial charge in [0.15, 0.2) is 0 Å². The second-order valence-corrected chi connectivity index (χ2v) is 5.11. The maximum atomic E-state index is 11.1. The van der Waals surface area contributed by atoms with E-state index in [1.165, 1.54) is 13.2 Å². The van der Waals surface area contributed by atoms with Gasteiger partial charge in [-0.3, -0.25) is 20.2 Å². The van der Waals surface area contributed by atoms with Gasteiger partial charge in [-0.15, -0.1) is 0 Å². The molecule has 2 aromatic rings. The molecule has 0 aliphatic carbocycles. The number of anilines is 2. The fourth-order valence-corrected chi connectivity index (χ4v) is 2.55. The van der Waals surface area contributed by atoms with Crippen molar-refractivity contribution < 1.29 is 14.6 Å². The van der Waals surface area contributed by atoms with Crippen molar-refractivity contribution in [3.63, 3.8) is 0 Å². The van der Waals surface area contributed by atoms with Crippen molar-refractivity contribution in [2.45, 2.75) is 9.92 Å². The maximum absolute atomic E-state index is 11.1. The quantitative estimate of drug-likeness (QED) is 0.463. The van der Waals surface area contributed by atoms with Gasteiger partial charge in [0.1, 0.15) is 10.7 Å². The molecule has 0 atom stereocenters. The van der Waals surface area contributed by atoms with Gasteiger partial charge in [0.2, 0.25) is 11.8 Å². The van der Waals surface area contributed by atoms with E-state index in [9.17, 15) is 20.2 Å². The van der Waals surface area contributed by atoms with Crippen molar-refractivity contribution in [1.29, 1.82) is 0 Å². The molecule has 0 amide bonds. The highest BCUT2D eigenvalue weighted by molar-refractivity contribution is 7.99.